The summed E-state index contributed by atoms with van der Waals surface area (Å²) < 4.78 is 12.9. The van der Waals surface area contributed by atoms with Crippen LogP contribution < -0.4 is 5.32 Å². The van der Waals surface area contributed by atoms with E-state index in [9.17, 15) is 9.18 Å². The minimum Gasteiger partial charge on any atom is -0.339 e. The van der Waals surface area contributed by atoms with Crippen LogP contribution in [-0.4, -0.2) is 62.0 Å². The quantitative estimate of drug-likeness (QED) is 0.889. The van der Waals surface area contributed by atoms with Crippen molar-refractivity contribution in [2.45, 2.75) is 12.8 Å². The first-order chi connectivity index (χ1) is 10.1. The topological polar surface area (TPSA) is 35.6 Å². The van der Waals surface area contributed by atoms with Gasteiger partial charge in [-0.15, -0.1) is 0 Å². The van der Waals surface area contributed by atoms with Gasteiger partial charge in [0.05, 0.1) is 6.54 Å². The van der Waals surface area contributed by atoms with Crippen molar-refractivity contribution in [3.05, 3.63) is 35.6 Å². The first kappa shape index (κ1) is 15.9. The molecule has 1 heterocycles. The standard InChI is InChI=1S/C16H24FN3O/c1-13(14-3-5-15(17)6-4-14)11-19(2)12-16(21)20-9-7-18-8-10-20/h3-6,13,18H,7-12H2,1-2H3. The maximum absolute atomic E-state index is 12.9. The molecule has 1 aromatic rings. The van der Waals surface area contributed by atoms with Crippen molar-refractivity contribution >= 4 is 5.91 Å². The second-order valence-corrected chi connectivity index (χ2v) is 5.78. The number of nitrogens with zero attached hydrogens (tertiary/aromatic N) is 2. The molecule has 21 heavy (non-hydrogen) atoms. The van der Waals surface area contributed by atoms with Crippen LogP contribution in [0.25, 0.3) is 0 Å². The van der Waals surface area contributed by atoms with Gasteiger partial charge in [-0.2, -0.15) is 0 Å². The molecule has 1 aromatic carbocycles. The molecule has 1 unspecified atom stereocenters. The molecule has 1 aliphatic heterocycles. The molecule has 0 aliphatic carbocycles. The summed E-state index contributed by atoms with van der Waals surface area (Å²) in [5.74, 6) is 0.241. The van der Waals surface area contributed by atoms with Crippen LogP contribution in [0.1, 0.15) is 18.4 Å². The fraction of sp³-hybridized carbons (Fsp3) is 0.562. The number of rotatable bonds is 5. The molecule has 4 nitrogen and oxygen atoms in total. The number of piperazine rings is 1. The highest BCUT2D eigenvalue weighted by Gasteiger charge is 2.18. The summed E-state index contributed by atoms with van der Waals surface area (Å²) in [4.78, 5) is 16.1. The van der Waals surface area contributed by atoms with Crippen LogP contribution in [0, 0.1) is 5.82 Å². The van der Waals surface area contributed by atoms with Crippen molar-refractivity contribution in [2.75, 3.05) is 46.3 Å². The number of likely N-dealkylation sites (N-methyl/N-ethyl adjacent to an activating group) is 1. The number of carbonyl (C=O) groups is 1. The summed E-state index contributed by atoms with van der Waals surface area (Å²) in [5, 5.41) is 3.24. The number of halogens is 1. The van der Waals surface area contributed by atoms with Gasteiger partial charge in [-0.1, -0.05) is 19.1 Å². The fourth-order valence-electron chi connectivity index (χ4n) is 2.67. The van der Waals surface area contributed by atoms with E-state index in [1.807, 2.05) is 29.0 Å². The third-order valence-electron chi connectivity index (χ3n) is 3.90. The van der Waals surface area contributed by atoms with Gasteiger partial charge in [0.1, 0.15) is 5.82 Å². The maximum atomic E-state index is 12.9. The van der Waals surface area contributed by atoms with Crippen LogP contribution in [0.5, 0.6) is 0 Å². The molecule has 1 amide bonds. The normalized spacial score (nSPS) is 17.0. The van der Waals surface area contributed by atoms with E-state index in [-0.39, 0.29) is 17.6 Å². The molecule has 0 aromatic heterocycles. The maximum Gasteiger partial charge on any atom is 0.236 e. The lowest BCUT2D eigenvalue weighted by molar-refractivity contribution is -0.132. The van der Waals surface area contributed by atoms with Gasteiger partial charge in [-0.25, -0.2) is 4.39 Å². The van der Waals surface area contributed by atoms with Crippen LogP contribution in [0.4, 0.5) is 4.39 Å². The average molecular weight is 293 g/mol. The van der Waals surface area contributed by atoms with Crippen molar-refractivity contribution in [1.82, 2.24) is 15.1 Å². The molecule has 1 fully saturated rings. The Bertz CT molecular complexity index is 457. The Morgan fingerprint density at radius 1 is 1.33 bits per heavy atom. The van der Waals surface area contributed by atoms with E-state index < -0.39 is 0 Å². The zero-order valence-electron chi connectivity index (χ0n) is 12.8. The second-order valence-electron chi connectivity index (χ2n) is 5.78. The minimum absolute atomic E-state index is 0.185. The molecule has 0 spiro atoms. The van der Waals surface area contributed by atoms with Crippen LogP contribution >= 0.6 is 0 Å². The van der Waals surface area contributed by atoms with E-state index in [0.717, 1.165) is 38.3 Å². The summed E-state index contributed by atoms with van der Waals surface area (Å²) >= 11 is 0. The molecule has 1 saturated heterocycles. The first-order valence-corrected chi connectivity index (χ1v) is 7.49. The van der Waals surface area contributed by atoms with Gasteiger partial charge in [-0.05, 0) is 30.7 Å². The van der Waals surface area contributed by atoms with E-state index in [2.05, 4.69) is 12.2 Å². The highest BCUT2D eigenvalue weighted by Crippen LogP contribution is 2.16. The SMILES string of the molecule is CC(CN(C)CC(=O)N1CCNCC1)c1ccc(F)cc1. The number of hydrogen-bond acceptors (Lipinski definition) is 3. The zero-order valence-corrected chi connectivity index (χ0v) is 12.8. The average Bonchev–Trinajstić information content (AvgIpc) is 2.48. The molecule has 0 bridgehead atoms. The van der Waals surface area contributed by atoms with Crippen molar-refractivity contribution in [3.8, 4) is 0 Å². The monoisotopic (exact) mass is 293 g/mol. The van der Waals surface area contributed by atoms with Gasteiger partial charge in [-0.3, -0.25) is 9.69 Å². The molecule has 1 N–H and O–H groups in total. The zero-order chi connectivity index (χ0) is 15.2. The van der Waals surface area contributed by atoms with Gasteiger partial charge in [0, 0.05) is 32.7 Å². The van der Waals surface area contributed by atoms with E-state index in [1.165, 1.54) is 12.1 Å². The van der Waals surface area contributed by atoms with Crippen LogP contribution in [0.2, 0.25) is 0 Å². The highest BCUT2D eigenvalue weighted by molar-refractivity contribution is 5.78. The molecule has 5 heteroatoms. The molecule has 0 saturated carbocycles. The van der Waals surface area contributed by atoms with Gasteiger partial charge in [0.2, 0.25) is 5.91 Å². The summed E-state index contributed by atoms with van der Waals surface area (Å²) in [5.41, 5.74) is 1.10. The molecule has 2 rings (SSSR count). The second kappa shape index (κ2) is 7.52. The molecular formula is C16H24FN3O. The molecular weight excluding hydrogens is 269 g/mol. The summed E-state index contributed by atoms with van der Waals surface area (Å²) in [6.45, 7) is 6.65. The lowest BCUT2D eigenvalue weighted by atomic mass is 10.0. The van der Waals surface area contributed by atoms with Gasteiger partial charge < -0.3 is 10.2 Å². The predicted octanol–water partition coefficient (Wildman–Crippen LogP) is 1.29. The first-order valence-electron chi connectivity index (χ1n) is 7.49. The molecule has 1 atom stereocenters. The minimum atomic E-state index is -0.215. The number of carbonyl (C=O) groups excluding carboxylic acids is 1. The van der Waals surface area contributed by atoms with Crippen molar-refractivity contribution in [3.63, 3.8) is 0 Å². The lowest BCUT2D eigenvalue weighted by Crippen LogP contribution is -2.49. The number of nitrogens with one attached hydrogen (secondary N) is 1. The van der Waals surface area contributed by atoms with E-state index in [1.54, 1.807) is 0 Å². The largest absolute Gasteiger partial charge is 0.339 e. The Balaban J connectivity index is 1.81. The molecule has 116 valence electrons. The Hall–Kier alpha value is -1.46. The fourth-order valence-corrected chi connectivity index (χ4v) is 2.67. The van der Waals surface area contributed by atoms with Crippen molar-refractivity contribution in [2.24, 2.45) is 0 Å². The third-order valence-corrected chi connectivity index (χ3v) is 3.90. The lowest BCUT2D eigenvalue weighted by Gasteiger charge is -2.30. The van der Waals surface area contributed by atoms with Crippen molar-refractivity contribution in [1.29, 1.82) is 0 Å². The van der Waals surface area contributed by atoms with Crippen LogP contribution in [0.3, 0.4) is 0 Å². The Kier molecular flexibility index (Phi) is 5.70. The summed E-state index contributed by atoms with van der Waals surface area (Å²) in [7, 11) is 1.96. The predicted molar refractivity (Wildman–Crippen MR) is 81.8 cm³/mol. The third kappa shape index (κ3) is 4.79. The molecule has 1 aliphatic rings. The van der Waals surface area contributed by atoms with E-state index in [0.29, 0.717) is 6.54 Å². The molecule has 0 radical (unpaired) electrons. The van der Waals surface area contributed by atoms with Gasteiger partial charge in [0.25, 0.3) is 0 Å². The summed E-state index contributed by atoms with van der Waals surface area (Å²) in [6, 6.07) is 6.59. The Labute approximate surface area is 125 Å². The summed E-state index contributed by atoms with van der Waals surface area (Å²) in [6.07, 6.45) is 0. The van der Waals surface area contributed by atoms with Crippen LogP contribution in [0.15, 0.2) is 24.3 Å². The van der Waals surface area contributed by atoms with Crippen LogP contribution in [-0.2, 0) is 4.79 Å². The van der Waals surface area contributed by atoms with Gasteiger partial charge in [0.15, 0.2) is 0 Å². The van der Waals surface area contributed by atoms with Crippen molar-refractivity contribution < 1.29 is 9.18 Å². The Morgan fingerprint density at radius 2 is 1.95 bits per heavy atom. The Morgan fingerprint density at radius 3 is 2.57 bits per heavy atom. The van der Waals surface area contributed by atoms with E-state index in [4.69, 9.17) is 0 Å². The number of hydrogen-bond donors (Lipinski definition) is 1. The highest BCUT2D eigenvalue weighted by atomic mass is 19.1. The number of benzene rings is 1. The smallest absolute Gasteiger partial charge is 0.236 e. The number of amides is 1. The van der Waals surface area contributed by atoms with Gasteiger partial charge >= 0.3 is 0 Å². The van der Waals surface area contributed by atoms with E-state index >= 15 is 0 Å².